The van der Waals surface area contributed by atoms with E-state index in [1.165, 1.54) is 18.7 Å². The minimum atomic E-state index is -0.396. The molecule has 0 spiro atoms. The molecule has 0 N–H and O–H groups in total. The zero-order valence-electron chi connectivity index (χ0n) is 20.3. The summed E-state index contributed by atoms with van der Waals surface area (Å²) in [6.45, 7) is 10.6. The Balaban J connectivity index is 2.23. The van der Waals surface area contributed by atoms with Crippen LogP contribution in [0.25, 0.3) is 26.8 Å². The lowest BCUT2D eigenvalue weighted by molar-refractivity contribution is -0.134. The fourth-order valence-electron chi connectivity index (χ4n) is 3.83. The van der Waals surface area contributed by atoms with Gasteiger partial charge in [-0.15, -0.1) is 11.3 Å². The van der Waals surface area contributed by atoms with Gasteiger partial charge < -0.3 is 9.47 Å². The number of alkyl halides is 1. The lowest BCUT2D eigenvalue weighted by Gasteiger charge is -2.21. The van der Waals surface area contributed by atoms with Crippen LogP contribution in [0, 0.1) is 0 Å². The Labute approximate surface area is 200 Å². The average Bonchev–Trinajstić information content (AvgIpc) is 3.21. The highest BCUT2D eigenvalue weighted by atomic mass is 32.1. The van der Waals surface area contributed by atoms with Gasteiger partial charge in [0, 0.05) is 33.7 Å². The Morgan fingerprint density at radius 2 is 1.85 bits per heavy atom. The van der Waals surface area contributed by atoms with Gasteiger partial charge in [-0.05, 0) is 64.6 Å². The third-order valence-corrected chi connectivity index (χ3v) is 6.77. The summed E-state index contributed by atoms with van der Waals surface area (Å²) in [5.74, 6) is 1.11. The quantitative estimate of drug-likeness (QED) is 0.181. The highest BCUT2D eigenvalue weighted by Crippen LogP contribution is 2.44. The zero-order valence-corrected chi connectivity index (χ0v) is 21.1. The van der Waals surface area contributed by atoms with Crippen LogP contribution in [0.5, 0.6) is 5.75 Å². The van der Waals surface area contributed by atoms with E-state index in [1.807, 2.05) is 13.0 Å². The van der Waals surface area contributed by atoms with Crippen LogP contribution >= 0.6 is 11.3 Å². The summed E-state index contributed by atoms with van der Waals surface area (Å²) in [7, 11) is 1.38. The molecule has 1 aromatic heterocycles. The summed E-state index contributed by atoms with van der Waals surface area (Å²) < 4.78 is 25.0. The van der Waals surface area contributed by atoms with E-state index in [0.717, 1.165) is 43.7 Å². The Morgan fingerprint density at radius 3 is 2.48 bits per heavy atom. The molecule has 1 heterocycles. The van der Waals surface area contributed by atoms with Crippen LogP contribution in [0.2, 0.25) is 0 Å². The molecule has 3 rings (SSSR count). The normalized spacial score (nSPS) is 12.1. The molecule has 0 amide bonds. The van der Waals surface area contributed by atoms with Crippen LogP contribution in [-0.4, -0.2) is 26.4 Å². The molecule has 0 saturated carbocycles. The molecule has 0 saturated heterocycles. The number of ether oxygens (including phenoxy) is 2. The van der Waals surface area contributed by atoms with Crippen LogP contribution in [0.4, 0.5) is 4.39 Å². The zero-order chi connectivity index (χ0) is 24.1. The molecule has 3 aromatic rings. The number of esters is 1. The van der Waals surface area contributed by atoms with Crippen molar-refractivity contribution < 1.29 is 18.7 Å². The van der Waals surface area contributed by atoms with E-state index in [-0.39, 0.29) is 11.9 Å². The minimum Gasteiger partial charge on any atom is -0.493 e. The monoisotopic (exact) mass is 468 g/mol. The average molecular weight is 469 g/mol. The van der Waals surface area contributed by atoms with Crippen LogP contribution in [-0.2, 0) is 9.53 Å². The van der Waals surface area contributed by atoms with Gasteiger partial charge in [-0.1, -0.05) is 39.8 Å². The van der Waals surface area contributed by atoms with Gasteiger partial charge in [0.2, 0.25) is 0 Å². The van der Waals surface area contributed by atoms with Gasteiger partial charge in [-0.3, -0.25) is 4.39 Å². The first-order valence-corrected chi connectivity index (χ1v) is 12.3. The van der Waals surface area contributed by atoms with E-state index >= 15 is 0 Å². The number of thiophene rings is 1. The number of benzene rings is 2. The van der Waals surface area contributed by atoms with Crippen molar-refractivity contribution in [3.05, 3.63) is 58.5 Å². The van der Waals surface area contributed by atoms with Gasteiger partial charge in [0.1, 0.15) is 5.75 Å². The molecule has 5 heteroatoms. The van der Waals surface area contributed by atoms with Crippen molar-refractivity contribution >= 4 is 33.0 Å². The first-order valence-electron chi connectivity index (χ1n) is 11.4. The number of hydrogen-bond donors (Lipinski definition) is 0. The molecular weight excluding hydrogens is 435 g/mol. The lowest BCUT2D eigenvalue weighted by atomic mass is 9.89. The number of carbonyl (C=O) groups is 1. The van der Waals surface area contributed by atoms with E-state index < -0.39 is 6.67 Å². The largest absolute Gasteiger partial charge is 0.493 e. The van der Waals surface area contributed by atoms with Gasteiger partial charge in [0.25, 0.3) is 0 Å². The predicted octanol–water partition coefficient (Wildman–Crippen LogP) is 8.13. The number of allylic oxidation sites excluding steroid dienone is 1. The lowest BCUT2D eigenvalue weighted by Crippen LogP contribution is -2.05. The van der Waals surface area contributed by atoms with Crippen LogP contribution < -0.4 is 4.74 Å². The van der Waals surface area contributed by atoms with Gasteiger partial charge in [-0.2, -0.15) is 0 Å². The number of halogens is 1. The number of carbonyl (C=O) groups excluding carboxylic acids is 1. The molecule has 0 aliphatic carbocycles. The van der Waals surface area contributed by atoms with E-state index in [0.29, 0.717) is 18.9 Å². The molecule has 2 aromatic carbocycles. The van der Waals surface area contributed by atoms with Gasteiger partial charge in [-0.25, -0.2) is 4.79 Å². The van der Waals surface area contributed by atoms with Crippen molar-refractivity contribution in [3.8, 4) is 16.9 Å². The van der Waals surface area contributed by atoms with Crippen molar-refractivity contribution in [2.75, 3.05) is 20.4 Å². The summed E-state index contributed by atoms with van der Waals surface area (Å²) in [5.41, 5.74) is 6.36. The van der Waals surface area contributed by atoms with Crippen molar-refractivity contribution in [3.63, 3.8) is 0 Å². The molecule has 0 atom stereocenters. The number of hydrogen-bond acceptors (Lipinski definition) is 4. The second kappa shape index (κ2) is 11.0. The third kappa shape index (κ3) is 5.64. The van der Waals surface area contributed by atoms with Crippen molar-refractivity contribution in [1.29, 1.82) is 0 Å². The molecular formula is C28H33FO3S. The Bertz CT molecular complexity index is 1160. The summed E-state index contributed by atoms with van der Waals surface area (Å²) >= 11 is 1.69. The molecule has 0 fully saturated rings. The summed E-state index contributed by atoms with van der Waals surface area (Å²) in [6.07, 6.45) is 1.88. The molecule has 0 aliphatic rings. The molecule has 0 unspecified atom stereocenters. The molecule has 33 heavy (non-hydrogen) atoms. The predicted molar refractivity (Wildman–Crippen MR) is 137 cm³/mol. The van der Waals surface area contributed by atoms with Crippen molar-refractivity contribution in [2.24, 2.45) is 0 Å². The van der Waals surface area contributed by atoms with Gasteiger partial charge >= 0.3 is 5.97 Å². The fourth-order valence-corrected chi connectivity index (χ4v) is 4.77. The summed E-state index contributed by atoms with van der Waals surface area (Å²) in [4.78, 5) is 11.7. The van der Waals surface area contributed by atoms with Crippen molar-refractivity contribution in [1.82, 2.24) is 0 Å². The van der Waals surface area contributed by atoms with E-state index in [1.54, 1.807) is 11.3 Å². The minimum absolute atomic E-state index is 0.272. The molecule has 0 bridgehead atoms. The molecule has 176 valence electrons. The first kappa shape index (κ1) is 25.0. The second-order valence-corrected chi connectivity index (χ2v) is 9.81. The molecule has 3 nitrogen and oxygen atoms in total. The maximum Gasteiger partial charge on any atom is 0.330 e. The fraction of sp³-hybridized carbons (Fsp3) is 0.393. The van der Waals surface area contributed by atoms with E-state index in [2.05, 4.69) is 57.3 Å². The molecule has 0 radical (unpaired) electrons. The Morgan fingerprint density at radius 1 is 1.09 bits per heavy atom. The number of rotatable bonds is 9. The maximum atomic E-state index is 12.8. The highest BCUT2D eigenvalue weighted by molar-refractivity contribution is 7.17. The van der Waals surface area contributed by atoms with Crippen molar-refractivity contribution in [2.45, 2.75) is 52.9 Å². The standard InChI is InChI=1S/C28H33FO3S/c1-17(2)21-14-22(18(3)4)28(32-11-7-10-29)24(15-21)25-16-33-26-9-8-20(13-23(25)26)19(5)12-27(30)31-6/h8-9,12-18H,7,10-11H2,1-6H3/b19-12+. The van der Waals surface area contributed by atoms with Crippen LogP contribution in [0.15, 0.2) is 41.8 Å². The highest BCUT2D eigenvalue weighted by Gasteiger charge is 2.20. The number of methoxy groups -OCH3 is 1. The van der Waals surface area contributed by atoms with Crippen LogP contribution in [0.3, 0.4) is 0 Å². The third-order valence-electron chi connectivity index (χ3n) is 5.81. The second-order valence-electron chi connectivity index (χ2n) is 8.90. The van der Waals surface area contributed by atoms with Gasteiger partial charge in [0.15, 0.2) is 0 Å². The summed E-state index contributed by atoms with van der Waals surface area (Å²) in [5, 5.41) is 3.28. The summed E-state index contributed by atoms with van der Waals surface area (Å²) in [6, 6.07) is 10.7. The van der Waals surface area contributed by atoms with E-state index in [9.17, 15) is 9.18 Å². The molecule has 0 aliphatic heterocycles. The topological polar surface area (TPSA) is 35.5 Å². The maximum absolute atomic E-state index is 12.8. The smallest absolute Gasteiger partial charge is 0.330 e. The number of fused-ring (bicyclic) bond motifs is 1. The first-order chi connectivity index (χ1) is 15.8. The van der Waals surface area contributed by atoms with Gasteiger partial charge in [0.05, 0.1) is 20.4 Å². The Kier molecular flexibility index (Phi) is 8.30. The SMILES string of the molecule is COC(=O)/C=C(\C)c1ccc2scc(-c3cc(C(C)C)cc(C(C)C)c3OCCCF)c2c1. The Hall–Kier alpha value is -2.66. The van der Waals surface area contributed by atoms with E-state index in [4.69, 9.17) is 9.47 Å². The van der Waals surface area contributed by atoms with Crippen LogP contribution in [0.1, 0.15) is 69.6 Å².